The zero-order valence-electron chi connectivity index (χ0n) is 15.6. The first-order valence-corrected chi connectivity index (χ1v) is 11.0. The van der Waals surface area contributed by atoms with Crippen molar-refractivity contribution in [3.05, 3.63) is 24.3 Å². The highest BCUT2D eigenvalue weighted by Crippen LogP contribution is 2.22. The third-order valence-corrected chi connectivity index (χ3v) is 6.55. The molecule has 2 rings (SSSR count). The number of thiocarbonyl (C=S) groups is 1. The van der Waals surface area contributed by atoms with Gasteiger partial charge in [-0.1, -0.05) is 6.42 Å². The van der Waals surface area contributed by atoms with Gasteiger partial charge in [-0.2, -0.15) is 4.31 Å². The van der Waals surface area contributed by atoms with Crippen molar-refractivity contribution < 1.29 is 17.9 Å². The van der Waals surface area contributed by atoms with Crippen LogP contribution in [0, 0.1) is 0 Å². The first-order chi connectivity index (χ1) is 12.9. The maximum atomic E-state index is 12.5. The van der Waals surface area contributed by atoms with Crippen LogP contribution in [-0.4, -0.2) is 50.5 Å². The van der Waals surface area contributed by atoms with Gasteiger partial charge in [-0.15, -0.1) is 0 Å². The Bertz CT molecular complexity index is 729. The second-order valence-corrected chi connectivity index (χ2v) is 8.75. The molecular weight excluding hydrogens is 386 g/mol. The lowest BCUT2D eigenvalue weighted by molar-refractivity contribution is -0.140. The number of esters is 1. The van der Waals surface area contributed by atoms with Gasteiger partial charge in [0.25, 0.3) is 0 Å². The summed E-state index contributed by atoms with van der Waals surface area (Å²) in [6, 6.07) is 6.64. The van der Waals surface area contributed by atoms with Crippen molar-refractivity contribution in [1.82, 2.24) is 9.62 Å². The van der Waals surface area contributed by atoms with Gasteiger partial charge in [0.05, 0.1) is 12.0 Å². The zero-order chi connectivity index (χ0) is 19.7. The van der Waals surface area contributed by atoms with E-state index < -0.39 is 10.0 Å². The van der Waals surface area contributed by atoms with E-state index in [9.17, 15) is 13.2 Å². The fourth-order valence-corrected chi connectivity index (χ4v) is 4.58. The highest BCUT2D eigenvalue weighted by Gasteiger charge is 2.26. The number of hydrogen-bond acceptors (Lipinski definition) is 5. The Balaban J connectivity index is 1.72. The molecule has 0 unspecified atom stereocenters. The minimum Gasteiger partial charge on any atom is -0.469 e. The van der Waals surface area contributed by atoms with Crippen LogP contribution in [0.3, 0.4) is 0 Å². The normalized spacial score (nSPS) is 14.7. The molecule has 1 aliphatic rings. The molecule has 1 fully saturated rings. The van der Waals surface area contributed by atoms with Gasteiger partial charge in [0.1, 0.15) is 0 Å². The van der Waals surface area contributed by atoms with Crippen LogP contribution in [0.5, 0.6) is 0 Å². The molecule has 1 saturated heterocycles. The van der Waals surface area contributed by atoms with E-state index in [4.69, 9.17) is 12.2 Å². The number of unbranched alkanes of at least 4 members (excludes halogenated alkanes) is 2. The predicted molar refractivity (Wildman–Crippen MR) is 109 cm³/mol. The van der Waals surface area contributed by atoms with Crippen molar-refractivity contribution in [3.63, 3.8) is 0 Å². The Labute approximate surface area is 166 Å². The molecule has 0 bridgehead atoms. The number of nitrogens with one attached hydrogen (secondary N) is 2. The van der Waals surface area contributed by atoms with Crippen molar-refractivity contribution in [2.75, 3.05) is 32.1 Å². The van der Waals surface area contributed by atoms with Crippen LogP contribution in [0.2, 0.25) is 0 Å². The van der Waals surface area contributed by atoms with Gasteiger partial charge in [0.15, 0.2) is 5.11 Å². The van der Waals surface area contributed by atoms with Gasteiger partial charge < -0.3 is 15.4 Å². The predicted octanol–water partition coefficient (Wildman–Crippen LogP) is 2.49. The van der Waals surface area contributed by atoms with E-state index in [1.165, 1.54) is 11.4 Å². The minimum atomic E-state index is -3.39. The van der Waals surface area contributed by atoms with E-state index in [2.05, 4.69) is 15.4 Å². The lowest BCUT2D eigenvalue weighted by atomic mass is 10.2. The van der Waals surface area contributed by atoms with Crippen molar-refractivity contribution >= 4 is 39.0 Å². The monoisotopic (exact) mass is 413 g/mol. The van der Waals surface area contributed by atoms with Crippen LogP contribution in [0.15, 0.2) is 29.2 Å². The molecule has 150 valence electrons. The third-order valence-electron chi connectivity index (χ3n) is 4.39. The first kappa shape index (κ1) is 21.6. The molecule has 0 saturated carbocycles. The number of rotatable bonds is 9. The second kappa shape index (κ2) is 10.6. The number of methoxy groups -OCH3 is 1. The highest BCUT2D eigenvalue weighted by atomic mass is 32.2. The lowest BCUT2D eigenvalue weighted by Crippen LogP contribution is -2.29. The summed E-state index contributed by atoms with van der Waals surface area (Å²) in [5.74, 6) is -0.185. The summed E-state index contributed by atoms with van der Waals surface area (Å²) in [7, 11) is -2.00. The van der Waals surface area contributed by atoms with Gasteiger partial charge in [0, 0.05) is 31.7 Å². The molecule has 1 heterocycles. The van der Waals surface area contributed by atoms with Crippen molar-refractivity contribution in [3.8, 4) is 0 Å². The molecule has 0 spiro atoms. The Morgan fingerprint density at radius 3 is 2.44 bits per heavy atom. The number of ether oxygens (including phenoxy) is 1. The molecule has 2 N–H and O–H groups in total. The summed E-state index contributed by atoms with van der Waals surface area (Å²) >= 11 is 5.25. The second-order valence-electron chi connectivity index (χ2n) is 6.40. The number of anilines is 1. The number of sulfonamides is 1. The molecule has 1 aliphatic heterocycles. The Hall–Kier alpha value is -1.71. The highest BCUT2D eigenvalue weighted by molar-refractivity contribution is 7.89. The Morgan fingerprint density at radius 2 is 1.81 bits per heavy atom. The fourth-order valence-electron chi connectivity index (χ4n) is 2.84. The molecule has 27 heavy (non-hydrogen) atoms. The standard InChI is InChI=1S/C18H27N3O4S2/c1-25-17(22)7-3-2-4-12-19-18(26)20-15-8-10-16(11-9-15)27(23,24)21-13-5-6-14-21/h8-11H,2-7,12-14H2,1H3,(H2,19,20,26). The summed E-state index contributed by atoms with van der Waals surface area (Å²) in [4.78, 5) is 11.3. The summed E-state index contributed by atoms with van der Waals surface area (Å²) in [5, 5.41) is 6.63. The van der Waals surface area contributed by atoms with E-state index in [0.717, 1.165) is 37.8 Å². The molecule has 0 aliphatic carbocycles. The fraction of sp³-hybridized carbons (Fsp3) is 0.556. The molecule has 0 amide bonds. The van der Waals surface area contributed by atoms with Crippen LogP contribution in [0.1, 0.15) is 38.5 Å². The van der Waals surface area contributed by atoms with Crippen LogP contribution in [0.25, 0.3) is 0 Å². The topological polar surface area (TPSA) is 87.7 Å². The molecule has 9 heteroatoms. The van der Waals surface area contributed by atoms with E-state index in [1.54, 1.807) is 24.3 Å². The van der Waals surface area contributed by atoms with E-state index in [-0.39, 0.29) is 5.97 Å². The molecule has 0 radical (unpaired) electrons. The Kier molecular flexibility index (Phi) is 8.46. The van der Waals surface area contributed by atoms with Crippen molar-refractivity contribution in [1.29, 1.82) is 0 Å². The summed E-state index contributed by atoms with van der Waals surface area (Å²) in [5.41, 5.74) is 0.735. The zero-order valence-corrected chi connectivity index (χ0v) is 17.2. The molecule has 0 atom stereocenters. The van der Waals surface area contributed by atoms with Gasteiger partial charge >= 0.3 is 5.97 Å². The van der Waals surface area contributed by atoms with Crippen LogP contribution >= 0.6 is 12.2 Å². The number of benzene rings is 1. The van der Waals surface area contributed by atoms with Crippen molar-refractivity contribution in [2.24, 2.45) is 0 Å². The number of carbonyl (C=O) groups excluding carboxylic acids is 1. The molecule has 7 nitrogen and oxygen atoms in total. The largest absolute Gasteiger partial charge is 0.469 e. The van der Waals surface area contributed by atoms with Gasteiger partial charge in [-0.3, -0.25) is 4.79 Å². The SMILES string of the molecule is COC(=O)CCCCCNC(=S)Nc1ccc(S(=O)(=O)N2CCCC2)cc1. The third kappa shape index (κ3) is 6.75. The van der Waals surface area contributed by atoms with Crippen LogP contribution in [-0.2, 0) is 19.6 Å². The number of carbonyl (C=O) groups is 1. The van der Waals surface area contributed by atoms with E-state index in [1.807, 2.05) is 0 Å². The average molecular weight is 414 g/mol. The first-order valence-electron chi connectivity index (χ1n) is 9.15. The van der Waals surface area contributed by atoms with Crippen molar-refractivity contribution in [2.45, 2.75) is 43.4 Å². The quantitative estimate of drug-likeness (QED) is 0.365. The lowest BCUT2D eigenvalue weighted by Gasteiger charge is -2.16. The van der Waals surface area contributed by atoms with Gasteiger partial charge in [0.2, 0.25) is 10.0 Å². The number of nitrogens with zero attached hydrogens (tertiary/aromatic N) is 1. The molecule has 1 aromatic carbocycles. The molecule has 1 aromatic rings. The maximum Gasteiger partial charge on any atom is 0.305 e. The van der Waals surface area contributed by atoms with E-state index in [0.29, 0.717) is 36.1 Å². The van der Waals surface area contributed by atoms with Gasteiger partial charge in [-0.05, 0) is 62.2 Å². The maximum absolute atomic E-state index is 12.5. The average Bonchev–Trinajstić information content (AvgIpc) is 3.20. The smallest absolute Gasteiger partial charge is 0.305 e. The van der Waals surface area contributed by atoms with Gasteiger partial charge in [-0.25, -0.2) is 8.42 Å². The minimum absolute atomic E-state index is 0.185. The summed E-state index contributed by atoms with van der Waals surface area (Å²) in [6.45, 7) is 1.89. The summed E-state index contributed by atoms with van der Waals surface area (Å²) in [6.07, 6.45) is 4.87. The van der Waals surface area contributed by atoms with Crippen LogP contribution < -0.4 is 10.6 Å². The number of hydrogen-bond donors (Lipinski definition) is 2. The van der Waals surface area contributed by atoms with Crippen LogP contribution in [0.4, 0.5) is 5.69 Å². The molecule has 0 aromatic heterocycles. The summed E-state index contributed by atoms with van der Waals surface area (Å²) < 4.78 is 31.1. The van der Waals surface area contributed by atoms with E-state index >= 15 is 0 Å². The Morgan fingerprint density at radius 1 is 1.15 bits per heavy atom. The molecular formula is C18H27N3O4S2.